The number of benzene rings is 2. The van der Waals surface area contributed by atoms with E-state index in [4.69, 9.17) is 14.7 Å². The number of fused-ring (bicyclic) bond motifs is 1. The number of aromatic nitrogens is 3. The molecule has 0 bridgehead atoms. The van der Waals surface area contributed by atoms with Gasteiger partial charge in [-0.25, -0.2) is 9.97 Å². The van der Waals surface area contributed by atoms with Crippen molar-refractivity contribution in [1.82, 2.24) is 15.0 Å². The average Bonchev–Trinajstić information content (AvgIpc) is 3.31. The number of aliphatic hydroxyl groups excluding tert-OH is 1. The van der Waals surface area contributed by atoms with Crippen molar-refractivity contribution in [3.63, 3.8) is 0 Å². The maximum atomic E-state index is 10.3. The van der Waals surface area contributed by atoms with Crippen molar-refractivity contribution < 1.29 is 9.84 Å². The van der Waals surface area contributed by atoms with Crippen LogP contribution in [0.25, 0.3) is 21.5 Å². The molecule has 1 saturated carbocycles. The Hall–Kier alpha value is -3.23. The van der Waals surface area contributed by atoms with Crippen LogP contribution in [0.15, 0.2) is 48.8 Å². The fraction of sp³-hybridized carbons (Fsp3) is 0.370. The van der Waals surface area contributed by atoms with Crippen LogP contribution in [-0.4, -0.2) is 39.3 Å². The van der Waals surface area contributed by atoms with Gasteiger partial charge in [0.1, 0.15) is 17.1 Å². The molecule has 2 aromatic heterocycles. The lowest BCUT2D eigenvalue weighted by Gasteiger charge is -2.27. The molecule has 2 aromatic carbocycles. The molecule has 0 saturated heterocycles. The third-order valence-corrected chi connectivity index (χ3v) is 7.49. The number of hydrogen-bond acceptors (Lipinski definition) is 8. The van der Waals surface area contributed by atoms with Crippen LogP contribution in [0.3, 0.4) is 0 Å². The zero-order valence-electron chi connectivity index (χ0n) is 20.1. The van der Waals surface area contributed by atoms with Crippen LogP contribution < -0.4 is 15.4 Å². The zero-order chi connectivity index (χ0) is 24.2. The van der Waals surface area contributed by atoms with Gasteiger partial charge in [0.25, 0.3) is 0 Å². The number of nitrogens with one attached hydrogen (secondary N) is 2. The van der Waals surface area contributed by atoms with Crippen LogP contribution in [0.2, 0.25) is 0 Å². The summed E-state index contributed by atoms with van der Waals surface area (Å²) in [7, 11) is 1.67. The van der Waals surface area contributed by atoms with Gasteiger partial charge in [0.2, 0.25) is 0 Å². The van der Waals surface area contributed by atoms with Gasteiger partial charge in [0.15, 0.2) is 5.13 Å². The minimum atomic E-state index is -0.321. The molecule has 5 rings (SSSR count). The van der Waals surface area contributed by atoms with Crippen molar-refractivity contribution >= 4 is 32.5 Å². The summed E-state index contributed by atoms with van der Waals surface area (Å²) >= 11 is 1.59. The fourth-order valence-electron chi connectivity index (χ4n) is 4.66. The molecular formula is C27H31N5O2S. The largest absolute Gasteiger partial charge is 0.494 e. The Labute approximate surface area is 209 Å². The Kier molecular flexibility index (Phi) is 7.11. The van der Waals surface area contributed by atoms with Gasteiger partial charge < -0.3 is 20.5 Å². The van der Waals surface area contributed by atoms with Gasteiger partial charge in [-0.1, -0.05) is 55.4 Å². The summed E-state index contributed by atoms with van der Waals surface area (Å²) in [5, 5.41) is 18.0. The second-order valence-corrected chi connectivity index (χ2v) is 9.95. The number of ether oxygens (including phenoxy) is 1. The van der Waals surface area contributed by atoms with E-state index in [9.17, 15) is 5.11 Å². The molecule has 8 heteroatoms. The molecule has 1 aliphatic carbocycles. The molecular weight excluding hydrogens is 458 g/mol. The first-order valence-corrected chi connectivity index (χ1v) is 13.0. The fourth-order valence-corrected chi connectivity index (χ4v) is 5.67. The standard InChI is InChI=1S/C27H31N5O2S/c1-3-18-8-4-5-9-19(18)21-15-28-16-25(30-21)29-14-17-12-23(34-2)26-24(13-17)35-27(32-26)31-20-10-6-7-11-22(20)33/h4-5,8-9,12-13,15-16,20,22,33H,3,6-7,10-11,14H2,1-2H3,(H,29,30)(H,31,32)/t20?,22-/m1/s1. The molecule has 1 aliphatic rings. The molecule has 0 aliphatic heterocycles. The number of methoxy groups -OCH3 is 1. The number of anilines is 2. The smallest absolute Gasteiger partial charge is 0.184 e. The predicted molar refractivity (Wildman–Crippen MR) is 142 cm³/mol. The second kappa shape index (κ2) is 10.6. The van der Waals surface area contributed by atoms with Gasteiger partial charge in [-0.15, -0.1) is 0 Å². The van der Waals surface area contributed by atoms with Crippen LogP contribution in [-0.2, 0) is 13.0 Å². The SMILES string of the molecule is CCc1ccccc1-c1cncc(NCc2cc(OC)c3nc(NC4CCCC[C@H]4O)sc3c2)n1. The molecule has 4 aromatic rings. The number of rotatable bonds is 8. The average molecular weight is 490 g/mol. The lowest BCUT2D eigenvalue weighted by molar-refractivity contribution is 0.116. The lowest BCUT2D eigenvalue weighted by Crippen LogP contribution is -2.36. The first-order valence-electron chi connectivity index (χ1n) is 12.2. The zero-order valence-corrected chi connectivity index (χ0v) is 20.9. The summed E-state index contributed by atoms with van der Waals surface area (Å²) < 4.78 is 6.71. The van der Waals surface area contributed by atoms with Crippen molar-refractivity contribution in [3.8, 4) is 17.0 Å². The third kappa shape index (κ3) is 5.23. The molecule has 2 atom stereocenters. The van der Waals surface area contributed by atoms with Crippen molar-refractivity contribution in [2.24, 2.45) is 0 Å². The Morgan fingerprint density at radius 3 is 2.80 bits per heavy atom. The minimum Gasteiger partial charge on any atom is -0.494 e. The van der Waals surface area contributed by atoms with E-state index in [0.717, 1.165) is 75.8 Å². The van der Waals surface area contributed by atoms with Gasteiger partial charge >= 0.3 is 0 Å². The summed E-state index contributed by atoms with van der Waals surface area (Å²) in [6.07, 6.45) is 8.21. The van der Waals surface area contributed by atoms with E-state index < -0.39 is 0 Å². The Bertz CT molecular complexity index is 1310. The molecule has 1 unspecified atom stereocenters. The summed E-state index contributed by atoms with van der Waals surface area (Å²) in [6, 6.07) is 12.5. The normalized spacial score (nSPS) is 17.9. The molecule has 3 N–H and O–H groups in total. The molecule has 1 fully saturated rings. The van der Waals surface area contributed by atoms with Crippen LogP contribution >= 0.6 is 11.3 Å². The summed E-state index contributed by atoms with van der Waals surface area (Å²) in [5.74, 6) is 1.47. The third-order valence-electron chi connectivity index (χ3n) is 6.56. The van der Waals surface area contributed by atoms with E-state index in [1.165, 1.54) is 5.56 Å². The molecule has 7 nitrogen and oxygen atoms in total. The molecule has 35 heavy (non-hydrogen) atoms. The topological polar surface area (TPSA) is 92.2 Å². The summed E-state index contributed by atoms with van der Waals surface area (Å²) in [6.45, 7) is 2.73. The van der Waals surface area contributed by atoms with E-state index in [2.05, 4.69) is 46.8 Å². The van der Waals surface area contributed by atoms with Gasteiger partial charge in [0, 0.05) is 12.1 Å². The minimum absolute atomic E-state index is 0.0557. The van der Waals surface area contributed by atoms with Crippen molar-refractivity contribution in [2.75, 3.05) is 17.7 Å². The highest BCUT2D eigenvalue weighted by Gasteiger charge is 2.24. The first kappa shape index (κ1) is 23.5. The van der Waals surface area contributed by atoms with Crippen molar-refractivity contribution in [3.05, 3.63) is 59.9 Å². The summed E-state index contributed by atoms with van der Waals surface area (Å²) in [5.41, 5.74) is 5.14. The van der Waals surface area contributed by atoms with Gasteiger partial charge in [0.05, 0.1) is 42.0 Å². The van der Waals surface area contributed by atoms with E-state index in [1.807, 2.05) is 18.3 Å². The highest BCUT2D eigenvalue weighted by atomic mass is 32.1. The first-order chi connectivity index (χ1) is 17.1. The number of aryl methyl sites for hydroxylation is 1. The van der Waals surface area contributed by atoms with Crippen molar-refractivity contribution in [2.45, 2.75) is 57.7 Å². The van der Waals surface area contributed by atoms with Crippen LogP contribution in [0.1, 0.15) is 43.7 Å². The monoisotopic (exact) mass is 489 g/mol. The summed E-state index contributed by atoms with van der Waals surface area (Å²) in [4.78, 5) is 14.0. The van der Waals surface area contributed by atoms with Crippen molar-refractivity contribution in [1.29, 1.82) is 0 Å². The highest BCUT2D eigenvalue weighted by Crippen LogP contribution is 2.35. The quantitative estimate of drug-likeness (QED) is 0.294. The maximum absolute atomic E-state index is 10.3. The maximum Gasteiger partial charge on any atom is 0.184 e. The lowest BCUT2D eigenvalue weighted by atomic mass is 9.93. The van der Waals surface area contributed by atoms with E-state index >= 15 is 0 Å². The van der Waals surface area contributed by atoms with E-state index in [1.54, 1.807) is 24.6 Å². The Balaban J connectivity index is 1.34. The van der Waals surface area contributed by atoms with Crippen LogP contribution in [0.5, 0.6) is 5.75 Å². The molecule has 0 amide bonds. The number of aliphatic hydroxyl groups is 1. The second-order valence-electron chi connectivity index (χ2n) is 8.92. The van der Waals surface area contributed by atoms with Crippen LogP contribution in [0, 0.1) is 0 Å². The Morgan fingerprint density at radius 2 is 1.97 bits per heavy atom. The Morgan fingerprint density at radius 1 is 1.11 bits per heavy atom. The predicted octanol–water partition coefficient (Wildman–Crippen LogP) is 5.65. The molecule has 0 spiro atoms. The van der Waals surface area contributed by atoms with Crippen LogP contribution in [0.4, 0.5) is 10.9 Å². The van der Waals surface area contributed by atoms with E-state index in [0.29, 0.717) is 6.54 Å². The van der Waals surface area contributed by atoms with Gasteiger partial charge in [-0.2, -0.15) is 0 Å². The molecule has 0 radical (unpaired) electrons. The highest BCUT2D eigenvalue weighted by molar-refractivity contribution is 7.22. The number of nitrogens with zero attached hydrogens (tertiary/aromatic N) is 3. The number of thiazole rings is 1. The van der Waals surface area contributed by atoms with E-state index in [-0.39, 0.29) is 12.1 Å². The van der Waals surface area contributed by atoms with Gasteiger partial charge in [-0.3, -0.25) is 4.98 Å². The molecule has 182 valence electrons. The molecule has 2 heterocycles. The number of hydrogen-bond donors (Lipinski definition) is 3. The van der Waals surface area contributed by atoms with Gasteiger partial charge in [-0.05, 0) is 42.5 Å².